The molecule has 2 N–H and O–H groups in total. The van der Waals surface area contributed by atoms with Gasteiger partial charge in [0.05, 0.1) is 24.1 Å². The first-order chi connectivity index (χ1) is 14.5. The summed E-state index contributed by atoms with van der Waals surface area (Å²) in [5, 5.41) is 13.4. The lowest BCUT2D eigenvalue weighted by Crippen LogP contribution is -2.42. The van der Waals surface area contributed by atoms with Crippen LogP contribution in [0.4, 0.5) is 10.5 Å². The third-order valence-corrected chi connectivity index (χ3v) is 6.74. The Balaban J connectivity index is 1.39. The summed E-state index contributed by atoms with van der Waals surface area (Å²) in [5.74, 6) is 0.781. The summed E-state index contributed by atoms with van der Waals surface area (Å²) in [6.45, 7) is 9.20. The van der Waals surface area contributed by atoms with Crippen LogP contribution in [-0.2, 0) is 0 Å². The second-order valence-corrected chi connectivity index (χ2v) is 9.38. The maximum absolute atomic E-state index is 12.6. The number of piperidine rings is 1. The van der Waals surface area contributed by atoms with Crippen molar-refractivity contribution in [1.29, 1.82) is 0 Å². The molecule has 0 bridgehead atoms. The molecule has 160 valence electrons. The van der Waals surface area contributed by atoms with Crippen LogP contribution >= 0.6 is 11.3 Å². The van der Waals surface area contributed by atoms with E-state index in [0.717, 1.165) is 30.0 Å². The van der Waals surface area contributed by atoms with Crippen molar-refractivity contribution in [1.82, 2.24) is 25.0 Å². The highest BCUT2D eigenvalue weighted by Crippen LogP contribution is 2.29. The molecule has 0 saturated carbocycles. The molecule has 0 aliphatic carbocycles. The van der Waals surface area contributed by atoms with E-state index in [0.29, 0.717) is 12.2 Å². The molecule has 0 unspecified atom stereocenters. The number of likely N-dealkylation sites (tertiary alicyclic amines) is 1. The van der Waals surface area contributed by atoms with E-state index in [9.17, 15) is 4.79 Å². The van der Waals surface area contributed by atoms with Crippen LogP contribution in [0.5, 0.6) is 0 Å². The lowest BCUT2D eigenvalue weighted by Gasteiger charge is -2.36. The molecule has 0 spiro atoms. The first-order valence-electron chi connectivity index (χ1n) is 10.7. The van der Waals surface area contributed by atoms with Crippen LogP contribution < -0.4 is 10.6 Å². The number of nitrogens with one attached hydrogen (secondary N) is 2. The van der Waals surface area contributed by atoms with Gasteiger partial charge in [-0.15, -0.1) is 11.3 Å². The summed E-state index contributed by atoms with van der Waals surface area (Å²) in [4.78, 5) is 20.9. The Bertz CT molecular complexity index is 975. The van der Waals surface area contributed by atoms with Gasteiger partial charge in [0, 0.05) is 22.8 Å². The number of nitrogens with zero attached hydrogens (tertiary/aromatic N) is 4. The van der Waals surface area contributed by atoms with Crippen LogP contribution in [0.15, 0.2) is 36.0 Å². The Kier molecular flexibility index (Phi) is 6.34. The summed E-state index contributed by atoms with van der Waals surface area (Å²) in [6, 6.07) is 6.41. The highest BCUT2D eigenvalue weighted by atomic mass is 32.1. The van der Waals surface area contributed by atoms with Gasteiger partial charge in [0.2, 0.25) is 0 Å². The highest BCUT2D eigenvalue weighted by Gasteiger charge is 2.25. The molecule has 1 saturated heterocycles. The van der Waals surface area contributed by atoms with Gasteiger partial charge < -0.3 is 10.6 Å². The van der Waals surface area contributed by atoms with Crippen molar-refractivity contribution in [2.24, 2.45) is 5.92 Å². The number of carbonyl (C=O) groups is 1. The topological polar surface area (TPSA) is 75.1 Å². The lowest BCUT2D eigenvalue weighted by molar-refractivity contribution is 0.138. The monoisotopic (exact) mass is 426 g/mol. The Morgan fingerprint density at radius 1 is 1.30 bits per heavy atom. The second-order valence-electron chi connectivity index (χ2n) is 8.40. The molecule has 0 radical (unpaired) electrons. The Hall–Kier alpha value is -2.45. The van der Waals surface area contributed by atoms with Crippen molar-refractivity contribution in [2.45, 2.75) is 45.7 Å². The molecular formula is C22H30N6OS. The molecule has 4 heterocycles. The van der Waals surface area contributed by atoms with Gasteiger partial charge in [-0.25, -0.2) is 14.5 Å². The molecule has 3 aromatic heterocycles. The number of pyridine rings is 1. The van der Waals surface area contributed by atoms with Gasteiger partial charge in [-0.05, 0) is 63.2 Å². The van der Waals surface area contributed by atoms with Gasteiger partial charge in [-0.3, -0.25) is 4.90 Å². The van der Waals surface area contributed by atoms with E-state index in [2.05, 4.69) is 63.9 Å². The molecule has 1 aliphatic heterocycles. The molecule has 0 aromatic carbocycles. The summed E-state index contributed by atoms with van der Waals surface area (Å²) in [6.07, 6.45) is 5.90. The van der Waals surface area contributed by atoms with Crippen LogP contribution in [-0.4, -0.2) is 45.3 Å². The molecule has 30 heavy (non-hydrogen) atoms. The highest BCUT2D eigenvalue weighted by molar-refractivity contribution is 7.10. The second kappa shape index (κ2) is 9.14. The van der Waals surface area contributed by atoms with Crippen LogP contribution in [0.1, 0.15) is 50.6 Å². The van der Waals surface area contributed by atoms with Gasteiger partial charge in [0.1, 0.15) is 0 Å². The molecular weight excluding hydrogens is 396 g/mol. The molecule has 1 aliphatic rings. The predicted molar refractivity (Wildman–Crippen MR) is 122 cm³/mol. The van der Waals surface area contributed by atoms with E-state index in [1.807, 2.05) is 10.7 Å². The van der Waals surface area contributed by atoms with Gasteiger partial charge in [-0.1, -0.05) is 13.0 Å². The van der Waals surface area contributed by atoms with Crippen LogP contribution in [0.25, 0.3) is 11.0 Å². The fourth-order valence-electron chi connectivity index (χ4n) is 3.98. The molecule has 8 heteroatoms. The van der Waals surface area contributed by atoms with E-state index >= 15 is 0 Å². The molecule has 3 aromatic rings. The minimum atomic E-state index is -0.209. The first kappa shape index (κ1) is 20.8. The molecule has 7 nitrogen and oxygen atoms in total. The van der Waals surface area contributed by atoms with Crippen molar-refractivity contribution in [3.8, 4) is 0 Å². The van der Waals surface area contributed by atoms with E-state index < -0.39 is 0 Å². The zero-order valence-electron chi connectivity index (χ0n) is 17.8. The fraction of sp³-hybridized carbons (Fsp3) is 0.500. The Labute approximate surface area is 181 Å². The quantitative estimate of drug-likeness (QED) is 0.601. The smallest absolute Gasteiger partial charge is 0.319 e. The average Bonchev–Trinajstić information content (AvgIpc) is 3.39. The van der Waals surface area contributed by atoms with Crippen molar-refractivity contribution < 1.29 is 4.79 Å². The van der Waals surface area contributed by atoms with Gasteiger partial charge in [0.25, 0.3) is 0 Å². The number of anilines is 1. The zero-order chi connectivity index (χ0) is 21.1. The van der Waals surface area contributed by atoms with E-state index in [1.54, 1.807) is 23.7 Å². The number of carbonyl (C=O) groups excluding carboxylic acids is 1. The number of aromatic nitrogens is 3. The fourth-order valence-corrected chi connectivity index (χ4v) is 4.84. The van der Waals surface area contributed by atoms with Crippen molar-refractivity contribution in [3.63, 3.8) is 0 Å². The normalized spacial score (nSPS) is 16.8. The summed E-state index contributed by atoms with van der Waals surface area (Å²) < 4.78 is 1.88. The summed E-state index contributed by atoms with van der Waals surface area (Å²) in [5.41, 5.74) is 1.50. The molecule has 4 rings (SSSR count). The minimum absolute atomic E-state index is 0.209. The number of hydrogen-bond donors (Lipinski definition) is 2. The predicted octanol–water partition coefficient (Wildman–Crippen LogP) is 4.67. The molecule has 1 atom stereocenters. The zero-order valence-corrected chi connectivity index (χ0v) is 18.7. The Morgan fingerprint density at radius 2 is 2.10 bits per heavy atom. The number of hydrogen-bond acceptors (Lipinski definition) is 5. The van der Waals surface area contributed by atoms with Crippen LogP contribution in [0, 0.1) is 5.92 Å². The van der Waals surface area contributed by atoms with Gasteiger partial charge >= 0.3 is 6.03 Å². The number of rotatable bonds is 6. The maximum Gasteiger partial charge on any atom is 0.319 e. The van der Waals surface area contributed by atoms with E-state index in [-0.39, 0.29) is 18.1 Å². The van der Waals surface area contributed by atoms with E-state index in [4.69, 9.17) is 0 Å². The minimum Gasteiger partial charge on any atom is -0.336 e. The number of fused-ring (bicyclic) bond motifs is 1. The molecule has 2 amide bonds. The summed E-state index contributed by atoms with van der Waals surface area (Å²) in [7, 11) is 0. The largest absolute Gasteiger partial charge is 0.336 e. The standard InChI is InChI=1S/C22H30N6OS/c1-15(2)28-21-17(12-25-28)11-18(13-23-21)26-22(29)24-14-19(20-5-4-10-30-20)27-8-6-16(3)7-9-27/h4-5,10-13,15-16,19H,6-9,14H2,1-3H3,(H2,24,26,29)/t19-/m0/s1. The SMILES string of the molecule is CC1CCN([C@@H](CNC(=O)Nc2cnc3c(cnn3C(C)C)c2)c2cccs2)CC1. The van der Waals surface area contributed by atoms with Crippen LogP contribution in [0.2, 0.25) is 0 Å². The molecule has 1 fully saturated rings. The summed E-state index contributed by atoms with van der Waals surface area (Å²) >= 11 is 1.75. The van der Waals surface area contributed by atoms with Crippen LogP contribution in [0.3, 0.4) is 0 Å². The van der Waals surface area contributed by atoms with E-state index in [1.165, 1.54) is 17.7 Å². The third-order valence-electron chi connectivity index (χ3n) is 5.77. The first-order valence-corrected chi connectivity index (χ1v) is 11.5. The lowest BCUT2D eigenvalue weighted by atomic mass is 9.97. The third kappa shape index (κ3) is 4.65. The maximum atomic E-state index is 12.6. The van der Waals surface area contributed by atoms with Crippen molar-refractivity contribution >= 4 is 34.1 Å². The van der Waals surface area contributed by atoms with Gasteiger partial charge in [0.15, 0.2) is 5.65 Å². The number of amides is 2. The van der Waals surface area contributed by atoms with Crippen molar-refractivity contribution in [2.75, 3.05) is 25.0 Å². The number of urea groups is 1. The van der Waals surface area contributed by atoms with Crippen molar-refractivity contribution in [3.05, 3.63) is 40.8 Å². The van der Waals surface area contributed by atoms with Gasteiger partial charge in [-0.2, -0.15) is 5.10 Å². The average molecular weight is 427 g/mol. The number of thiophene rings is 1. The Morgan fingerprint density at radius 3 is 2.80 bits per heavy atom.